The van der Waals surface area contributed by atoms with Crippen molar-refractivity contribution in [2.45, 2.75) is 26.7 Å². The standard InChI is InChI=1S/C15H17N3O2/c1-3-10-6-5-7-11(4-2)14(10)18-13-8-12(15(19)20)16-9-17-13/h5-9H,3-4H2,1-2H3,(H,19,20)(H,16,17,18). The molecule has 5 heteroatoms. The molecule has 0 aliphatic carbocycles. The Balaban J connectivity index is 2.39. The first-order chi connectivity index (χ1) is 9.65. The molecule has 0 spiro atoms. The van der Waals surface area contributed by atoms with E-state index in [2.05, 4.69) is 41.3 Å². The molecule has 0 fully saturated rings. The molecule has 0 saturated heterocycles. The van der Waals surface area contributed by atoms with E-state index < -0.39 is 5.97 Å². The van der Waals surface area contributed by atoms with Gasteiger partial charge in [0.15, 0.2) is 5.69 Å². The Hall–Kier alpha value is -2.43. The lowest BCUT2D eigenvalue weighted by molar-refractivity contribution is 0.0690. The van der Waals surface area contributed by atoms with Gasteiger partial charge in [-0.2, -0.15) is 0 Å². The van der Waals surface area contributed by atoms with Gasteiger partial charge in [-0.05, 0) is 24.0 Å². The fourth-order valence-corrected chi connectivity index (χ4v) is 2.07. The summed E-state index contributed by atoms with van der Waals surface area (Å²) in [6.45, 7) is 4.17. The predicted octanol–water partition coefficient (Wildman–Crippen LogP) is 3.04. The van der Waals surface area contributed by atoms with Gasteiger partial charge in [-0.25, -0.2) is 14.8 Å². The van der Waals surface area contributed by atoms with Gasteiger partial charge in [-0.1, -0.05) is 32.0 Å². The second kappa shape index (κ2) is 6.14. The summed E-state index contributed by atoms with van der Waals surface area (Å²) in [5.74, 6) is -0.567. The summed E-state index contributed by atoms with van der Waals surface area (Å²) >= 11 is 0. The molecule has 0 bridgehead atoms. The van der Waals surface area contributed by atoms with Gasteiger partial charge in [0, 0.05) is 11.8 Å². The van der Waals surface area contributed by atoms with Crippen molar-refractivity contribution in [3.05, 3.63) is 47.4 Å². The number of para-hydroxylation sites is 1. The van der Waals surface area contributed by atoms with Crippen molar-refractivity contribution in [2.24, 2.45) is 0 Å². The highest BCUT2D eigenvalue weighted by atomic mass is 16.4. The van der Waals surface area contributed by atoms with E-state index in [9.17, 15) is 4.79 Å². The van der Waals surface area contributed by atoms with Crippen LogP contribution >= 0.6 is 0 Å². The minimum absolute atomic E-state index is 0.0190. The molecule has 5 nitrogen and oxygen atoms in total. The van der Waals surface area contributed by atoms with Gasteiger partial charge in [0.05, 0.1) is 0 Å². The van der Waals surface area contributed by atoms with E-state index in [-0.39, 0.29) is 5.69 Å². The molecule has 0 saturated carbocycles. The SMILES string of the molecule is CCc1cccc(CC)c1Nc1cc(C(=O)O)ncn1. The van der Waals surface area contributed by atoms with E-state index in [4.69, 9.17) is 5.11 Å². The number of carboxylic acid groups (broad SMARTS) is 1. The summed E-state index contributed by atoms with van der Waals surface area (Å²) in [6.07, 6.45) is 3.05. The number of aryl methyl sites for hydroxylation is 2. The highest BCUT2D eigenvalue weighted by molar-refractivity contribution is 5.86. The van der Waals surface area contributed by atoms with Crippen LogP contribution in [0.2, 0.25) is 0 Å². The number of nitrogens with zero attached hydrogens (tertiary/aromatic N) is 2. The molecular formula is C15H17N3O2. The van der Waals surface area contributed by atoms with Crippen molar-refractivity contribution in [3.63, 3.8) is 0 Å². The summed E-state index contributed by atoms with van der Waals surface area (Å²) < 4.78 is 0. The number of aromatic carboxylic acids is 1. The highest BCUT2D eigenvalue weighted by Gasteiger charge is 2.10. The molecule has 0 amide bonds. The van der Waals surface area contributed by atoms with Crippen LogP contribution < -0.4 is 5.32 Å². The fraction of sp³-hybridized carbons (Fsp3) is 0.267. The summed E-state index contributed by atoms with van der Waals surface area (Å²) in [5.41, 5.74) is 3.35. The van der Waals surface area contributed by atoms with E-state index in [0.717, 1.165) is 18.5 Å². The fourth-order valence-electron chi connectivity index (χ4n) is 2.07. The second-order valence-corrected chi connectivity index (χ2v) is 4.38. The van der Waals surface area contributed by atoms with E-state index in [1.165, 1.54) is 23.5 Å². The van der Waals surface area contributed by atoms with Crippen molar-refractivity contribution in [3.8, 4) is 0 Å². The van der Waals surface area contributed by atoms with Crippen molar-refractivity contribution >= 4 is 17.5 Å². The zero-order valence-corrected chi connectivity index (χ0v) is 11.6. The van der Waals surface area contributed by atoms with Crippen molar-refractivity contribution < 1.29 is 9.90 Å². The lowest BCUT2D eigenvalue weighted by Crippen LogP contribution is -2.05. The number of nitrogens with one attached hydrogen (secondary N) is 1. The summed E-state index contributed by atoms with van der Waals surface area (Å²) in [7, 11) is 0. The highest BCUT2D eigenvalue weighted by Crippen LogP contribution is 2.25. The van der Waals surface area contributed by atoms with Crippen LogP contribution in [0.3, 0.4) is 0 Å². The third-order valence-corrected chi connectivity index (χ3v) is 3.14. The first kappa shape index (κ1) is 14.0. The van der Waals surface area contributed by atoms with Crippen LogP contribution in [0.1, 0.15) is 35.5 Å². The first-order valence-electron chi connectivity index (χ1n) is 6.58. The van der Waals surface area contributed by atoms with E-state index in [0.29, 0.717) is 5.82 Å². The monoisotopic (exact) mass is 271 g/mol. The van der Waals surface area contributed by atoms with Crippen LogP contribution in [0.15, 0.2) is 30.6 Å². The lowest BCUT2D eigenvalue weighted by Gasteiger charge is -2.14. The number of anilines is 2. The van der Waals surface area contributed by atoms with Crippen LogP contribution in [0.4, 0.5) is 11.5 Å². The Bertz CT molecular complexity index is 604. The Morgan fingerprint density at radius 1 is 1.20 bits per heavy atom. The Kier molecular flexibility index (Phi) is 4.30. The second-order valence-electron chi connectivity index (χ2n) is 4.38. The molecule has 0 aliphatic heterocycles. The van der Waals surface area contributed by atoms with E-state index in [1.54, 1.807) is 0 Å². The molecular weight excluding hydrogens is 254 g/mol. The topological polar surface area (TPSA) is 75.1 Å². The molecule has 20 heavy (non-hydrogen) atoms. The summed E-state index contributed by atoms with van der Waals surface area (Å²) in [5, 5.41) is 12.2. The van der Waals surface area contributed by atoms with Gasteiger partial charge in [0.25, 0.3) is 0 Å². The third kappa shape index (κ3) is 2.93. The van der Waals surface area contributed by atoms with Gasteiger partial charge >= 0.3 is 5.97 Å². The van der Waals surface area contributed by atoms with Crippen molar-refractivity contribution in [1.29, 1.82) is 0 Å². The normalized spacial score (nSPS) is 10.3. The number of carbonyl (C=O) groups is 1. The van der Waals surface area contributed by atoms with Crippen LogP contribution in [-0.2, 0) is 12.8 Å². The zero-order valence-electron chi connectivity index (χ0n) is 11.6. The summed E-state index contributed by atoms with van der Waals surface area (Å²) in [6, 6.07) is 7.58. The molecule has 0 atom stereocenters. The Morgan fingerprint density at radius 3 is 2.40 bits per heavy atom. The average Bonchev–Trinajstić information content (AvgIpc) is 2.47. The maximum Gasteiger partial charge on any atom is 0.354 e. The smallest absolute Gasteiger partial charge is 0.354 e. The molecule has 0 unspecified atom stereocenters. The number of carboxylic acids is 1. The molecule has 0 aliphatic rings. The van der Waals surface area contributed by atoms with Crippen molar-refractivity contribution in [2.75, 3.05) is 5.32 Å². The number of rotatable bonds is 5. The van der Waals surface area contributed by atoms with Crippen LogP contribution in [0, 0.1) is 0 Å². The third-order valence-electron chi connectivity index (χ3n) is 3.14. The lowest BCUT2D eigenvalue weighted by atomic mass is 10.0. The molecule has 104 valence electrons. The first-order valence-corrected chi connectivity index (χ1v) is 6.58. The summed E-state index contributed by atoms with van der Waals surface area (Å²) in [4.78, 5) is 18.7. The predicted molar refractivity (Wildman–Crippen MR) is 77.5 cm³/mol. The molecule has 0 radical (unpaired) electrons. The molecule has 2 aromatic rings. The Labute approximate surface area is 117 Å². The van der Waals surface area contributed by atoms with Gasteiger partial charge in [-0.3, -0.25) is 0 Å². The number of benzene rings is 1. The molecule has 1 aromatic carbocycles. The van der Waals surface area contributed by atoms with E-state index >= 15 is 0 Å². The molecule has 1 aromatic heterocycles. The maximum absolute atomic E-state index is 10.9. The van der Waals surface area contributed by atoms with Gasteiger partial charge in [-0.15, -0.1) is 0 Å². The molecule has 2 rings (SSSR count). The number of hydrogen-bond donors (Lipinski definition) is 2. The Morgan fingerprint density at radius 2 is 1.85 bits per heavy atom. The van der Waals surface area contributed by atoms with E-state index in [1.807, 2.05) is 6.07 Å². The van der Waals surface area contributed by atoms with Gasteiger partial charge in [0.2, 0.25) is 0 Å². The quantitative estimate of drug-likeness (QED) is 0.874. The van der Waals surface area contributed by atoms with Crippen LogP contribution in [-0.4, -0.2) is 21.0 Å². The maximum atomic E-state index is 10.9. The minimum Gasteiger partial charge on any atom is -0.477 e. The van der Waals surface area contributed by atoms with Crippen LogP contribution in [0.25, 0.3) is 0 Å². The van der Waals surface area contributed by atoms with Gasteiger partial charge in [0.1, 0.15) is 12.1 Å². The van der Waals surface area contributed by atoms with Gasteiger partial charge < -0.3 is 10.4 Å². The number of hydrogen-bond acceptors (Lipinski definition) is 4. The molecule has 1 heterocycles. The number of aromatic nitrogens is 2. The largest absolute Gasteiger partial charge is 0.477 e. The average molecular weight is 271 g/mol. The molecule has 2 N–H and O–H groups in total. The van der Waals surface area contributed by atoms with Crippen LogP contribution in [0.5, 0.6) is 0 Å². The minimum atomic E-state index is -1.06. The van der Waals surface area contributed by atoms with Crippen molar-refractivity contribution in [1.82, 2.24) is 9.97 Å². The zero-order chi connectivity index (χ0) is 14.5.